The summed E-state index contributed by atoms with van der Waals surface area (Å²) in [6.45, 7) is 9.27. The molecule has 0 bridgehead atoms. The van der Waals surface area contributed by atoms with Crippen molar-refractivity contribution in [1.82, 2.24) is 0 Å². The van der Waals surface area contributed by atoms with Crippen LogP contribution in [0.4, 0.5) is 0 Å². The van der Waals surface area contributed by atoms with Gasteiger partial charge in [0.05, 0.1) is 5.92 Å². The lowest BCUT2D eigenvalue weighted by Crippen LogP contribution is -2.40. The number of rotatable bonds is 4. The highest BCUT2D eigenvalue weighted by Crippen LogP contribution is 2.41. The third kappa shape index (κ3) is 3.48. The highest BCUT2D eigenvalue weighted by atomic mass is 28.4. The lowest BCUT2D eigenvalue weighted by Gasteiger charge is -2.36. The molecule has 78 valence electrons. The molecule has 0 saturated heterocycles. The molecule has 0 aromatic carbocycles. The summed E-state index contributed by atoms with van der Waals surface area (Å²) in [5, 5.41) is 8.50. The molecule has 0 rings (SSSR count). The zero-order valence-corrected chi connectivity index (χ0v) is 10.1. The highest BCUT2D eigenvalue weighted by Gasteiger charge is 2.39. The SMILES string of the molecule is C[C@@H](CC(C)(C)[Si](C)(C)O)C(=O)O. The molecule has 0 radical (unpaired) electrons. The maximum Gasteiger partial charge on any atom is 0.306 e. The molecule has 1 atom stereocenters. The van der Waals surface area contributed by atoms with E-state index in [1.807, 2.05) is 26.9 Å². The Labute approximate surface area is 80.9 Å². The fraction of sp³-hybridized carbons (Fsp3) is 0.889. The topological polar surface area (TPSA) is 57.5 Å². The first-order chi connectivity index (χ1) is 5.58. The Hall–Kier alpha value is -0.353. The second-order valence-electron chi connectivity index (χ2n) is 4.89. The van der Waals surface area contributed by atoms with Gasteiger partial charge in [-0.1, -0.05) is 20.8 Å². The fourth-order valence-electron chi connectivity index (χ4n) is 1.10. The molecular formula is C9H20O3Si. The van der Waals surface area contributed by atoms with Gasteiger partial charge in [-0.15, -0.1) is 0 Å². The van der Waals surface area contributed by atoms with Crippen molar-refractivity contribution >= 4 is 14.3 Å². The lowest BCUT2D eigenvalue weighted by atomic mass is 9.98. The molecule has 0 aliphatic rings. The molecule has 0 aliphatic heterocycles. The van der Waals surface area contributed by atoms with Crippen molar-refractivity contribution < 1.29 is 14.7 Å². The third-order valence-electron chi connectivity index (χ3n) is 2.89. The van der Waals surface area contributed by atoms with Gasteiger partial charge < -0.3 is 9.90 Å². The molecule has 0 heterocycles. The second-order valence-corrected chi connectivity index (χ2v) is 9.36. The van der Waals surface area contributed by atoms with Crippen LogP contribution in [0.5, 0.6) is 0 Å². The maximum absolute atomic E-state index is 10.6. The van der Waals surface area contributed by atoms with E-state index in [1.165, 1.54) is 0 Å². The normalized spacial score (nSPS) is 15.5. The maximum atomic E-state index is 10.6. The number of hydrogen-bond acceptors (Lipinski definition) is 2. The zero-order chi connectivity index (χ0) is 10.9. The van der Waals surface area contributed by atoms with Crippen molar-refractivity contribution in [3.8, 4) is 0 Å². The first-order valence-electron chi connectivity index (χ1n) is 4.53. The van der Waals surface area contributed by atoms with E-state index in [4.69, 9.17) is 5.11 Å². The van der Waals surface area contributed by atoms with E-state index in [0.717, 1.165) is 0 Å². The zero-order valence-electron chi connectivity index (χ0n) is 9.09. The predicted molar refractivity (Wildman–Crippen MR) is 55.2 cm³/mol. The first-order valence-corrected chi connectivity index (χ1v) is 7.48. The average Bonchev–Trinajstić information content (AvgIpc) is 1.83. The van der Waals surface area contributed by atoms with Crippen LogP contribution >= 0.6 is 0 Å². The van der Waals surface area contributed by atoms with Gasteiger partial charge in [0, 0.05) is 0 Å². The Morgan fingerprint density at radius 3 is 2.08 bits per heavy atom. The van der Waals surface area contributed by atoms with Gasteiger partial charge in [-0.25, -0.2) is 0 Å². The molecule has 0 aromatic rings. The Morgan fingerprint density at radius 2 is 1.85 bits per heavy atom. The molecule has 0 unspecified atom stereocenters. The number of aliphatic carboxylic acids is 1. The number of carboxylic acid groups (broad SMARTS) is 1. The molecule has 0 amide bonds. The van der Waals surface area contributed by atoms with Gasteiger partial charge in [0.1, 0.15) is 0 Å². The van der Waals surface area contributed by atoms with Gasteiger partial charge in [0.2, 0.25) is 0 Å². The number of carboxylic acids is 1. The van der Waals surface area contributed by atoms with E-state index in [1.54, 1.807) is 6.92 Å². The fourth-order valence-corrected chi connectivity index (χ4v) is 1.91. The van der Waals surface area contributed by atoms with Crippen LogP contribution < -0.4 is 0 Å². The molecule has 0 fully saturated rings. The van der Waals surface area contributed by atoms with Crippen molar-refractivity contribution in [2.24, 2.45) is 5.92 Å². The minimum atomic E-state index is -2.26. The van der Waals surface area contributed by atoms with E-state index in [2.05, 4.69) is 0 Å². The molecule has 0 aromatic heterocycles. The first kappa shape index (κ1) is 12.6. The van der Waals surface area contributed by atoms with Gasteiger partial charge in [0.25, 0.3) is 0 Å². The summed E-state index contributed by atoms with van der Waals surface area (Å²) in [5.74, 6) is -1.17. The monoisotopic (exact) mass is 204 g/mol. The Balaban J connectivity index is 4.43. The number of hydrogen-bond donors (Lipinski definition) is 2. The van der Waals surface area contributed by atoms with Crippen molar-refractivity contribution in [2.75, 3.05) is 0 Å². The summed E-state index contributed by atoms with van der Waals surface area (Å²) >= 11 is 0. The molecule has 0 aliphatic carbocycles. The Morgan fingerprint density at radius 1 is 1.46 bits per heavy atom. The van der Waals surface area contributed by atoms with Crippen LogP contribution in [0.1, 0.15) is 27.2 Å². The van der Waals surface area contributed by atoms with E-state index < -0.39 is 14.3 Å². The summed E-state index contributed by atoms with van der Waals surface area (Å²) in [6, 6.07) is 0. The third-order valence-corrected chi connectivity index (χ3v) is 6.41. The summed E-state index contributed by atoms with van der Waals surface area (Å²) in [4.78, 5) is 20.6. The number of carbonyl (C=O) groups is 1. The smallest absolute Gasteiger partial charge is 0.306 e. The van der Waals surface area contributed by atoms with Crippen molar-refractivity contribution in [2.45, 2.75) is 45.3 Å². The van der Waals surface area contributed by atoms with Crippen LogP contribution in [-0.4, -0.2) is 24.2 Å². The molecular weight excluding hydrogens is 184 g/mol. The van der Waals surface area contributed by atoms with E-state index in [-0.39, 0.29) is 11.0 Å². The van der Waals surface area contributed by atoms with Gasteiger partial charge in [-0.05, 0) is 24.6 Å². The van der Waals surface area contributed by atoms with Crippen LogP contribution in [0, 0.1) is 5.92 Å². The highest BCUT2D eigenvalue weighted by molar-refractivity contribution is 6.72. The average molecular weight is 204 g/mol. The minimum Gasteiger partial charge on any atom is -0.481 e. The Kier molecular flexibility index (Phi) is 3.69. The summed E-state index contributed by atoms with van der Waals surface area (Å²) in [6.07, 6.45) is 0.540. The lowest BCUT2D eigenvalue weighted by molar-refractivity contribution is -0.141. The quantitative estimate of drug-likeness (QED) is 0.689. The molecule has 3 nitrogen and oxygen atoms in total. The van der Waals surface area contributed by atoms with Crippen LogP contribution in [0.15, 0.2) is 0 Å². The summed E-state index contributed by atoms with van der Waals surface area (Å²) < 4.78 is 0. The van der Waals surface area contributed by atoms with Crippen molar-refractivity contribution in [3.63, 3.8) is 0 Å². The largest absolute Gasteiger partial charge is 0.481 e. The van der Waals surface area contributed by atoms with Crippen LogP contribution in [0.25, 0.3) is 0 Å². The minimum absolute atomic E-state index is 0.245. The predicted octanol–water partition coefficient (Wildman–Crippen LogP) is 2.07. The standard InChI is InChI=1S/C9H20O3Si/c1-7(8(10)11)6-9(2,3)13(4,5)12/h7,12H,6H2,1-5H3,(H,10,11)/t7-/m0/s1. The van der Waals surface area contributed by atoms with Gasteiger partial charge >= 0.3 is 5.97 Å². The summed E-state index contributed by atoms with van der Waals surface area (Å²) in [5.41, 5.74) is 0. The van der Waals surface area contributed by atoms with Gasteiger partial charge in [-0.3, -0.25) is 4.79 Å². The van der Waals surface area contributed by atoms with E-state index >= 15 is 0 Å². The molecule has 0 saturated carbocycles. The van der Waals surface area contributed by atoms with Gasteiger partial charge in [-0.2, -0.15) is 0 Å². The van der Waals surface area contributed by atoms with E-state index in [9.17, 15) is 9.59 Å². The van der Waals surface area contributed by atoms with Crippen LogP contribution in [-0.2, 0) is 4.79 Å². The van der Waals surface area contributed by atoms with Crippen LogP contribution in [0.2, 0.25) is 18.1 Å². The van der Waals surface area contributed by atoms with E-state index in [0.29, 0.717) is 6.42 Å². The van der Waals surface area contributed by atoms with Crippen molar-refractivity contribution in [3.05, 3.63) is 0 Å². The molecule has 4 heteroatoms. The van der Waals surface area contributed by atoms with Crippen LogP contribution in [0.3, 0.4) is 0 Å². The molecule has 2 N–H and O–H groups in total. The van der Waals surface area contributed by atoms with Gasteiger partial charge in [0.15, 0.2) is 8.32 Å². The summed E-state index contributed by atoms with van der Waals surface area (Å²) in [7, 11) is -2.26. The Bertz CT molecular complexity index is 194. The molecule has 0 spiro atoms. The molecule has 13 heavy (non-hydrogen) atoms. The van der Waals surface area contributed by atoms with Crippen molar-refractivity contribution in [1.29, 1.82) is 0 Å². The second kappa shape index (κ2) is 3.80.